The van der Waals surface area contributed by atoms with Gasteiger partial charge in [0.15, 0.2) is 0 Å². The number of benzene rings is 3. The van der Waals surface area contributed by atoms with Gasteiger partial charge in [-0.1, -0.05) is 52.3 Å². The third kappa shape index (κ3) is 4.05. The van der Waals surface area contributed by atoms with Crippen LogP contribution in [0.4, 0.5) is 5.69 Å². The van der Waals surface area contributed by atoms with Crippen LogP contribution in [0.25, 0.3) is 11.1 Å². The summed E-state index contributed by atoms with van der Waals surface area (Å²) in [5.41, 5.74) is 1.84. The fourth-order valence-corrected chi connectivity index (χ4v) is 4.88. The van der Waals surface area contributed by atoms with Crippen LogP contribution in [0.2, 0.25) is 0 Å². The van der Waals surface area contributed by atoms with E-state index in [4.69, 9.17) is 0 Å². The fraction of sp³-hybridized carbons (Fsp3) is 0. The van der Waals surface area contributed by atoms with Gasteiger partial charge in [-0.3, -0.25) is 4.72 Å². The summed E-state index contributed by atoms with van der Waals surface area (Å²) in [4.78, 5) is 0.0754. The molecule has 25 heavy (non-hydrogen) atoms. The number of aromatic hydroxyl groups is 1. The molecule has 0 aliphatic carbocycles. The molecule has 3 aromatic rings. The largest absolute Gasteiger partial charge is 0.506 e. The average Bonchev–Trinajstić information content (AvgIpc) is 2.59. The number of phenolic OH excluding ortho intramolecular Hbond substituents is 1. The van der Waals surface area contributed by atoms with E-state index >= 15 is 0 Å². The SMILES string of the molecule is O=S(=O)(Nc1cc(-c2ccccc2)ccc1O)c1cc(Br)ccc1Br. The average molecular weight is 483 g/mol. The van der Waals surface area contributed by atoms with Crippen molar-refractivity contribution in [3.05, 3.63) is 75.7 Å². The zero-order chi connectivity index (χ0) is 18.0. The van der Waals surface area contributed by atoms with E-state index in [0.717, 1.165) is 11.1 Å². The zero-order valence-electron chi connectivity index (χ0n) is 12.8. The first kappa shape index (κ1) is 18.0. The second-order valence-electron chi connectivity index (χ2n) is 5.28. The predicted octanol–water partition coefficient (Wildman–Crippen LogP) is 5.39. The summed E-state index contributed by atoms with van der Waals surface area (Å²) in [6, 6.07) is 19.2. The summed E-state index contributed by atoms with van der Waals surface area (Å²) < 4.78 is 28.9. The van der Waals surface area contributed by atoms with Crippen LogP contribution in [0.15, 0.2) is 80.6 Å². The molecule has 0 bridgehead atoms. The molecule has 4 nitrogen and oxygen atoms in total. The monoisotopic (exact) mass is 481 g/mol. The topological polar surface area (TPSA) is 66.4 Å². The molecule has 7 heteroatoms. The standard InChI is InChI=1S/C18H13Br2NO3S/c19-14-7-8-15(20)18(11-14)25(23,24)21-16-10-13(6-9-17(16)22)12-4-2-1-3-5-12/h1-11,21-22H. The Bertz CT molecular complexity index is 1020. The van der Waals surface area contributed by atoms with Gasteiger partial charge in [-0.2, -0.15) is 0 Å². The minimum absolute atomic E-state index is 0.0754. The van der Waals surface area contributed by atoms with Crippen LogP contribution in [0, 0.1) is 0 Å². The molecule has 0 fully saturated rings. The number of hydrogen-bond acceptors (Lipinski definition) is 3. The maximum Gasteiger partial charge on any atom is 0.263 e. The van der Waals surface area contributed by atoms with Crippen molar-refractivity contribution in [2.75, 3.05) is 4.72 Å². The van der Waals surface area contributed by atoms with E-state index in [1.54, 1.807) is 24.3 Å². The first-order valence-corrected chi connectivity index (χ1v) is 10.3. The molecule has 3 rings (SSSR count). The van der Waals surface area contributed by atoms with Crippen molar-refractivity contribution in [1.82, 2.24) is 0 Å². The highest BCUT2D eigenvalue weighted by Crippen LogP contribution is 2.33. The number of rotatable bonds is 4. The molecule has 128 valence electrons. The maximum atomic E-state index is 12.7. The lowest BCUT2D eigenvalue weighted by molar-refractivity contribution is 0.477. The molecule has 0 aliphatic rings. The Hall–Kier alpha value is -1.83. The van der Waals surface area contributed by atoms with E-state index in [0.29, 0.717) is 8.95 Å². The van der Waals surface area contributed by atoms with Crippen LogP contribution >= 0.6 is 31.9 Å². The fourth-order valence-electron chi connectivity index (χ4n) is 2.31. The number of halogens is 2. The highest BCUT2D eigenvalue weighted by atomic mass is 79.9. The molecule has 0 heterocycles. The minimum Gasteiger partial charge on any atom is -0.506 e. The van der Waals surface area contributed by atoms with Crippen LogP contribution in [0.1, 0.15) is 0 Å². The molecule has 0 spiro atoms. The molecular weight excluding hydrogens is 470 g/mol. The molecule has 0 unspecified atom stereocenters. The number of anilines is 1. The lowest BCUT2D eigenvalue weighted by atomic mass is 10.1. The summed E-state index contributed by atoms with van der Waals surface area (Å²) in [5, 5.41) is 10.1. The number of phenols is 1. The van der Waals surface area contributed by atoms with Crippen molar-refractivity contribution in [2.24, 2.45) is 0 Å². The summed E-state index contributed by atoms with van der Waals surface area (Å²) >= 11 is 6.52. The highest BCUT2D eigenvalue weighted by Gasteiger charge is 2.20. The highest BCUT2D eigenvalue weighted by molar-refractivity contribution is 9.11. The van der Waals surface area contributed by atoms with E-state index in [2.05, 4.69) is 36.6 Å². The Morgan fingerprint density at radius 3 is 2.28 bits per heavy atom. The van der Waals surface area contributed by atoms with Crippen molar-refractivity contribution in [1.29, 1.82) is 0 Å². The molecular formula is C18H13Br2NO3S. The van der Waals surface area contributed by atoms with Crippen LogP contribution in [-0.2, 0) is 10.0 Å². The van der Waals surface area contributed by atoms with Gasteiger partial charge in [-0.15, -0.1) is 0 Å². The van der Waals surface area contributed by atoms with Crippen molar-refractivity contribution in [3.8, 4) is 16.9 Å². The van der Waals surface area contributed by atoms with Gasteiger partial charge >= 0.3 is 0 Å². The Balaban J connectivity index is 2.01. The van der Waals surface area contributed by atoms with Gasteiger partial charge in [0, 0.05) is 8.95 Å². The predicted molar refractivity (Wildman–Crippen MR) is 106 cm³/mol. The smallest absolute Gasteiger partial charge is 0.263 e. The van der Waals surface area contributed by atoms with Gasteiger partial charge in [0.2, 0.25) is 0 Å². The Kier molecular flexibility index (Phi) is 5.17. The second kappa shape index (κ2) is 7.19. The van der Waals surface area contributed by atoms with E-state index in [-0.39, 0.29) is 16.3 Å². The van der Waals surface area contributed by atoms with E-state index < -0.39 is 10.0 Å². The van der Waals surface area contributed by atoms with Gasteiger partial charge < -0.3 is 5.11 Å². The summed E-state index contributed by atoms with van der Waals surface area (Å²) in [7, 11) is -3.87. The maximum absolute atomic E-state index is 12.7. The zero-order valence-corrected chi connectivity index (χ0v) is 16.8. The van der Waals surface area contributed by atoms with Crippen molar-refractivity contribution in [2.45, 2.75) is 4.90 Å². The van der Waals surface area contributed by atoms with Gasteiger partial charge in [0.1, 0.15) is 10.6 Å². The molecule has 0 aliphatic heterocycles. The third-order valence-corrected chi connectivity index (χ3v) is 6.38. The summed E-state index contributed by atoms with van der Waals surface area (Å²) in [6.45, 7) is 0. The van der Waals surface area contributed by atoms with Crippen LogP contribution in [0.5, 0.6) is 5.75 Å². The van der Waals surface area contributed by atoms with Crippen molar-refractivity contribution >= 4 is 47.6 Å². The molecule has 2 N–H and O–H groups in total. The number of nitrogens with one attached hydrogen (secondary N) is 1. The van der Waals surface area contributed by atoms with E-state index in [1.165, 1.54) is 12.1 Å². The van der Waals surface area contributed by atoms with Gasteiger partial charge in [0.25, 0.3) is 10.0 Å². The number of hydrogen-bond donors (Lipinski definition) is 2. The lowest BCUT2D eigenvalue weighted by Crippen LogP contribution is -2.13. The van der Waals surface area contributed by atoms with Gasteiger partial charge in [-0.05, 0) is 57.4 Å². The Morgan fingerprint density at radius 2 is 1.56 bits per heavy atom. The van der Waals surface area contributed by atoms with Crippen LogP contribution in [0.3, 0.4) is 0 Å². The van der Waals surface area contributed by atoms with Gasteiger partial charge in [-0.25, -0.2) is 8.42 Å². The van der Waals surface area contributed by atoms with Crippen molar-refractivity contribution < 1.29 is 13.5 Å². The first-order valence-electron chi connectivity index (χ1n) is 7.23. The molecule has 0 aromatic heterocycles. The summed E-state index contributed by atoms with van der Waals surface area (Å²) in [5.74, 6) is -0.144. The molecule has 3 aromatic carbocycles. The molecule has 0 saturated heterocycles. The van der Waals surface area contributed by atoms with Gasteiger partial charge in [0.05, 0.1) is 5.69 Å². The minimum atomic E-state index is -3.87. The summed E-state index contributed by atoms with van der Waals surface area (Å²) in [6.07, 6.45) is 0. The molecule has 0 radical (unpaired) electrons. The lowest BCUT2D eigenvalue weighted by Gasteiger charge is -2.13. The van der Waals surface area contributed by atoms with Crippen LogP contribution < -0.4 is 4.72 Å². The first-order chi connectivity index (χ1) is 11.9. The quantitative estimate of drug-likeness (QED) is 0.490. The Labute approximate surface area is 162 Å². The van der Waals surface area contributed by atoms with E-state index in [9.17, 15) is 13.5 Å². The molecule has 0 amide bonds. The number of sulfonamides is 1. The van der Waals surface area contributed by atoms with Crippen LogP contribution in [-0.4, -0.2) is 13.5 Å². The van der Waals surface area contributed by atoms with Crippen molar-refractivity contribution in [3.63, 3.8) is 0 Å². The molecule has 0 atom stereocenters. The normalized spacial score (nSPS) is 11.3. The molecule has 0 saturated carbocycles. The van der Waals surface area contributed by atoms with E-state index in [1.807, 2.05) is 30.3 Å². The third-order valence-electron chi connectivity index (χ3n) is 3.53. The second-order valence-corrected chi connectivity index (χ2v) is 8.70. The Morgan fingerprint density at radius 1 is 0.840 bits per heavy atom.